The number of nitro groups is 1. The zero-order valence-electron chi connectivity index (χ0n) is 9.85. The van der Waals surface area contributed by atoms with E-state index in [9.17, 15) is 10.1 Å². The molecule has 5 heteroatoms. The van der Waals surface area contributed by atoms with Crippen LogP contribution >= 0.6 is 0 Å². The van der Waals surface area contributed by atoms with Gasteiger partial charge in [-0.25, -0.2) is 9.97 Å². The van der Waals surface area contributed by atoms with Gasteiger partial charge < -0.3 is 0 Å². The van der Waals surface area contributed by atoms with Gasteiger partial charge in [0.05, 0.1) is 10.6 Å². The third-order valence-electron chi connectivity index (χ3n) is 2.82. The molecule has 0 radical (unpaired) electrons. The molecule has 5 nitrogen and oxygen atoms in total. The number of hydrogen-bond donors (Lipinski definition) is 0. The second kappa shape index (κ2) is 4.45. The maximum atomic E-state index is 10.8. The van der Waals surface area contributed by atoms with Crippen molar-refractivity contribution in [2.24, 2.45) is 0 Å². The topological polar surface area (TPSA) is 68.9 Å². The summed E-state index contributed by atoms with van der Waals surface area (Å²) >= 11 is 0. The number of benzene rings is 1. The molecular formula is C14H9N3O2. The molecule has 0 N–H and O–H groups in total. The summed E-state index contributed by atoms with van der Waals surface area (Å²) in [4.78, 5) is 18.9. The van der Waals surface area contributed by atoms with E-state index < -0.39 is 4.92 Å². The van der Waals surface area contributed by atoms with E-state index in [0.717, 1.165) is 5.39 Å². The molecule has 0 saturated carbocycles. The van der Waals surface area contributed by atoms with Crippen molar-refractivity contribution in [1.29, 1.82) is 0 Å². The first-order chi connectivity index (χ1) is 9.24. The van der Waals surface area contributed by atoms with Crippen molar-refractivity contribution in [3.05, 3.63) is 64.8 Å². The van der Waals surface area contributed by atoms with Crippen LogP contribution in [0.2, 0.25) is 0 Å². The molecule has 0 unspecified atom stereocenters. The highest BCUT2D eigenvalue weighted by Gasteiger charge is 2.08. The monoisotopic (exact) mass is 251 g/mol. The first-order valence-electron chi connectivity index (χ1n) is 5.71. The molecule has 3 rings (SSSR count). The van der Waals surface area contributed by atoms with Crippen LogP contribution in [0.3, 0.4) is 0 Å². The summed E-state index contributed by atoms with van der Waals surface area (Å²) in [7, 11) is 0. The first-order valence-corrected chi connectivity index (χ1v) is 5.71. The predicted molar refractivity (Wildman–Crippen MR) is 71.6 cm³/mol. The minimum Gasteiger partial charge on any atom is -0.258 e. The number of fused-ring (bicyclic) bond motifs is 1. The van der Waals surface area contributed by atoms with Gasteiger partial charge >= 0.3 is 0 Å². The molecule has 2 heterocycles. The number of non-ortho nitro benzene ring substituents is 1. The van der Waals surface area contributed by atoms with E-state index in [4.69, 9.17) is 0 Å². The minimum absolute atomic E-state index is 0.0559. The Morgan fingerprint density at radius 1 is 1.05 bits per heavy atom. The summed E-state index contributed by atoms with van der Waals surface area (Å²) in [5.41, 5.74) is 2.07. The molecule has 0 atom stereocenters. The van der Waals surface area contributed by atoms with Gasteiger partial charge in [-0.05, 0) is 24.3 Å². The summed E-state index contributed by atoms with van der Waals surface area (Å²) in [5.74, 6) is 0. The lowest BCUT2D eigenvalue weighted by molar-refractivity contribution is -0.384. The number of hydrogen-bond acceptors (Lipinski definition) is 4. The summed E-state index contributed by atoms with van der Waals surface area (Å²) in [6.45, 7) is 0. The van der Waals surface area contributed by atoms with E-state index in [-0.39, 0.29) is 5.69 Å². The maximum Gasteiger partial charge on any atom is 0.270 e. The number of pyridine rings is 2. The Balaban J connectivity index is 2.13. The zero-order valence-corrected chi connectivity index (χ0v) is 9.85. The van der Waals surface area contributed by atoms with Crippen LogP contribution in [0.15, 0.2) is 54.7 Å². The molecule has 0 saturated heterocycles. The Bertz CT molecular complexity index is 771. The van der Waals surface area contributed by atoms with Crippen molar-refractivity contribution in [2.75, 3.05) is 0 Å². The van der Waals surface area contributed by atoms with Crippen molar-refractivity contribution < 1.29 is 4.92 Å². The average molecular weight is 251 g/mol. The summed E-state index contributed by atoms with van der Waals surface area (Å²) < 4.78 is 0. The lowest BCUT2D eigenvalue weighted by Gasteiger charge is -2.02. The Labute approximate surface area is 108 Å². The van der Waals surface area contributed by atoms with Crippen LogP contribution in [-0.4, -0.2) is 14.9 Å². The minimum atomic E-state index is -0.414. The van der Waals surface area contributed by atoms with Crippen molar-refractivity contribution in [1.82, 2.24) is 9.97 Å². The van der Waals surface area contributed by atoms with E-state index in [1.807, 2.05) is 24.3 Å². The summed E-state index contributed by atoms with van der Waals surface area (Å²) in [6, 6.07) is 13.9. The van der Waals surface area contributed by atoms with Gasteiger partial charge in [0.15, 0.2) is 5.65 Å². The highest BCUT2D eigenvalue weighted by molar-refractivity contribution is 5.78. The normalized spacial score (nSPS) is 10.5. The van der Waals surface area contributed by atoms with Crippen molar-refractivity contribution in [2.45, 2.75) is 0 Å². The molecule has 0 aliphatic carbocycles. The molecule has 2 aromatic heterocycles. The molecule has 0 amide bonds. The fraction of sp³-hybridized carbons (Fsp3) is 0. The SMILES string of the molecule is O=[N+]([O-])c1cccc(-c2ccc3cccnc3n2)c1. The first kappa shape index (κ1) is 11.3. The molecule has 0 aliphatic heterocycles. The van der Waals surface area contributed by atoms with Gasteiger partial charge in [-0.15, -0.1) is 0 Å². The largest absolute Gasteiger partial charge is 0.270 e. The molecule has 92 valence electrons. The number of nitro benzene ring substituents is 1. The van der Waals surface area contributed by atoms with Crippen molar-refractivity contribution in [3.8, 4) is 11.3 Å². The van der Waals surface area contributed by atoms with Gasteiger partial charge in [0.25, 0.3) is 5.69 Å². The molecule has 19 heavy (non-hydrogen) atoms. The van der Waals surface area contributed by atoms with Gasteiger partial charge in [-0.1, -0.05) is 12.1 Å². The molecule has 0 aliphatic rings. The van der Waals surface area contributed by atoms with E-state index >= 15 is 0 Å². The summed E-state index contributed by atoms with van der Waals surface area (Å²) in [5, 5.41) is 11.7. The van der Waals surface area contributed by atoms with Gasteiger partial charge in [-0.2, -0.15) is 0 Å². The smallest absolute Gasteiger partial charge is 0.258 e. The number of rotatable bonds is 2. The van der Waals surface area contributed by atoms with Gasteiger partial charge in [0.1, 0.15) is 0 Å². The molecule has 0 fully saturated rings. The van der Waals surface area contributed by atoms with Crippen LogP contribution in [-0.2, 0) is 0 Å². The fourth-order valence-corrected chi connectivity index (χ4v) is 1.89. The Morgan fingerprint density at radius 3 is 2.79 bits per heavy atom. The van der Waals surface area contributed by atoms with E-state index in [0.29, 0.717) is 16.9 Å². The fourth-order valence-electron chi connectivity index (χ4n) is 1.89. The number of aromatic nitrogens is 2. The van der Waals surface area contributed by atoms with E-state index in [2.05, 4.69) is 9.97 Å². The Kier molecular flexibility index (Phi) is 2.64. The highest BCUT2D eigenvalue weighted by Crippen LogP contribution is 2.23. The quantitative estimate of drug-likeness (QED) is 0.518. The lowest BCUT2D eigenvalue weighted by Crippen LogP contribution is -1.90. The van der Waals surface area contributed by atoms with Crippen molar-refractivity contribution in [3.63, 3.8) is 0 Å². The molecular weight excluding hydrogens is 242 g/mol. The number of nitrogens with zero attached hydrogens (tertiary/aromatic N) is 3. The van der Waals surface area contributed by atoms with Crippen LogP contribution in [0, 0.1) is 10.1 Å². The van der Waals surface area contributed by atoms with Crippen LogP contribution in [0.25, 0.3) is 22.3 Å². The van der Waals surface area contributed by atoms with Crippen LogP contribution in [0.5, 0.6) is 0 Å². The van der Waals surface area contributed by atoms with Gasteiger partial charge in [-0.3, -0.25) is 10.1 Å². The third kappa shape index (κ3) is 2.13. The van der Waals surface area contributed by atoms with E-state index in [1.165, 1.54) is 12.1 Å². The Hall–Kier alpha value is -2.82. The van der Waals surface area contributed by atoms with Crippen LogP contribution in [0.1, 0.15) is 0 Å². The highest BCUT2D eigenvalue weighted by atomic mass is 16.6. The average Bonchev–Trinajstić information content (AvgIpc) is 2.47. The standard InChI is InChI=1S/C14H9N3O2/c18-17(19)12-5-1-3-11(9-12)13-7-6-10-4-2-8-15-14(10)16-13/h1-9H. The molecule has 0 spiro atoms. The molecule has 0 bridgehead atoms. The predicted octanol–water partition coefficient (Wildman–Crippen LogP) is 3.21. The van der Waals surface area contributed by atoms with Gasteiger partial charge in [0.2, 0.25) is 0 Å². The van der Waals surface area contributed by atoms with Crippen LogP contribution in [0.4, 0.5) is 5.69 Å². The second-order valence-corrected chi connectivity index (χ2v) is 4.05. The molecule has 3 aromatic rings. The van der Waals surface area contributed by atoms with E-state index in [1.54, 1.807) is 18.3 Å². The zero-order chi connectivity index (χ0) is 13.2. The molecule has 1 aromatic carbocycles. The maximum absolute atomic E-state index is 10.8. The van der Waals surface area contributed by atoms with Gasteiger partial charge in [0, 0.05) is 29.3 Å². The second-order valence-electron chi connectivity index (χ2n) is 4.05. The Morgan fingerprint density at radius 2 is 1.95 bits per heavy atom. The summed E-state index contributed by atoms with van der Waals surface area (Å²) in [6.07, 6.45) is 1.67. The van der Waals surface area contributed by atoms with Crippen molar-refractivity contribution >= 4 is 16.7 Å². The lowest BCUT2D eigenvalue weighted by atomic mass is 10.1. The third-order valence-corrected chi connectivity index (χ3v) is 2.82. The van der Waals surface area contributed by atoms with Crippen LogP contribution < -0.4 is 0 Å².